The number of rotatable bonds is 8. The maximum Gasteiger partial charge on any atom is 0.248 e. The van der Waals surface area contributed by atoms with Crippen molar-refractivity contribution in [1.82, 2.24) is 5.48 Å². The van der Waals surface area contributed by atoms with Crippen LogP contribution in [0.25, 0.3) is 0 Å². The minimum Gasteiger partial charge on any atom is -0.303 e. The highest BCUT2D eigenvalue weighted by Crippen LogP contribution is 2.29. The molecule has 0 saturated heterocycles. The zero-order valence-electron chi connectivity index (χ0n) is 11.0. The van der Waals surface area contributed by atoms with Crippen LogP contribution in [0.4, 0.5) is 0 Å². The summed E-state index contributed by atoms with van der Waals surface area (Å²) < 4.78 is 1.10. The molecule has 6 heteroatoms. The zero-order chi connectivity index (χ0) is 14.3. The van der Waals surface area contributed by atoms with E-state index in [2.05, 4.69) is 0 Å². The van der Waals surface area contributed by atoms with E-state index in [1.807, 2.05) is 31.4 Å². The summed E-state index contributed by atoms with van der Waals surface area (Å²) in [5.41, 5.74) is 1.68. The lowest BCUT2D eigenvalue weighted by atomic mass is 9.87. The van der Waals surface area contributed by atoms with Crippen LogP contribution in [0, 0.1) is 17.8 Å². The molecule has 0 fully saturated rings. The summed E-state index contributed by atoms with van der Waals surface area (Å²) in [5.74, 6) is -0.530. The lowest BCUT2D eigenvalue weighted by Gasteiger charge is -2.21. The number of nitrogens with one attached hydrogen (secondary N) is 1. The predicted molar refractivity (Wildman–Crippen MR) is 77.5 cm³/mol. The molecular weight excluding hydrogens is 282 g/mol. The minimum absolute atomic E-state index is 0.330. The lowest BCUT2D eigenvalue weighted by Crippen LogP contribution is -2.36. The summed E-state index contributed by atoms with van der Waals surface area (Å²) in [4.78, 5) is 22.9. The second-order valence-corrected chi connectivity index (χ2v) is 7.02. The van der Waals surface area contributed by atoms with Crippen LogP contribution in [0.5, 0.6) is 0 Å². The van der Waals surface area contributed by atoms with Crippen molar-refractivity contribution in [2.75, 3.05) is 5.75 Å². The number of hydrogen-bond donors (Lipinski definition) is 2. The van der Waals surface area contributed by atoms with Gasteiger partial charge in [0.25, 0.3) is 0 Å². The number of carbonyl (C=O) groups excluding carboxylic acids is 2. The number of aldehydes is 1. The molecule has 0 aromatic carbocycles. The van der Waals surface area contributed by atoms with E-state index in [0.29, 0.717) is 18.1 Å². The number of hydrogen-bond acceptors (Lipinski definition) is 5. The molecule has 0 unspecified atom stereocenters. The largest absolute Gasteiger partial charge is 0.303 e. The summed E-state index contributed by atoms with van der Waals surface area (Å²) in [5, 5.41) is 10.8. The van der Waals surface area contributed by atoms with Crippen LogP contribution in [-0.4, -0.2) is 23.2 Å². The third kappa shape index (κ3) is 5.34. The lowest BCUT2D eigenvalue weighted by molar-refractivity contribution is -0.136. The number of amides is 1. The fourth-order valence-electron chi connectivity index (χ4n) is 1.85. The maximum absolute atomic E-state index is 11.7. The molecule has 4 nitrogen and oxygen atoms in total. The molecule has 106 valence electrons. The van der Waals surface area contributed by atoms with E-state index >= 15 is 0 Å². The summed E-state index contributed by atoms with van der Waals surface area (Å²) >= 11 is 3.14. The SMILES string of the molecule is CC(C)C[C@@H](C=O)[C@H](CSc1cccs1)C(=O)NO. The van der Waals surface area contributed by atoms with Crippen LogP contribution in [0.3, 0.4) is 0 Å². The fourth-order valence-corrected chi connectivity index (χ4v) is 3.86. The summed E-state index contributed by atoms with van der Waals surface area (Å²) in [6.45, 7) is 4.02. The molecule has 19 heavy (non-hydrogen) atoms. The highest BCUT2D eigenvalue weighted by molar-refractivity contribution is 8.01. The first-order valence-electron chi connectivity index (χ1n) is 6.14. The third-order valence-electron chi connectivity index (χ3n) is 2.78. The van der Waals surface area contributed by atoms with Gasteiger partial charge in [-0.25, -0.2) is 5.48 Å². The Hall–Kier alpha value is -0.850. The molecular formula is C13H19NO3S2. The van der Waals surface area contributed by atoms with Crippen molar-refractivity contribution >= 4 is 35.3 Å². The molecule has 1 rings (SSSR count). The Morgan fingerprint density at radius 2 is 2.32 bits per heavy atom. The third-order valence-corrected chi connectivity index (χ3v) is 5.03. The summed E-state index contributed by atoms with van der Waals surface area (Å²) in [6.07, 6.45) is 1.47. The molecule has 1 heterocycles. The Labute approximate surface area is 121 Å². The highest BCUT2D eigenvalue weighted by Gasteiger charge is 2.28. The van der Waals surface area contributed by atoms with Crippen LogP contribution >= 0.6 is 23.1 Å². The van der Waals surface area contributed by atoms with Gasteiger partial charge in [0.15, 0.2) is 0 Å². The van der Waals surface area contributed by atoms with Crippen molar-refractivity contribution in [3.63, 3.8) is 0 Å². The van der Waals surface area contributed by atoms with E-state index in [9.17, 15) is 9.59 Å². The molecule has 2 N–H and O–H groups in total. The molecule has 1 aromatic rings. The van der Waals surface area contributed by atoms with E-state index in [0.717, 1.165) is 10.5 Å². The second-order valence-electron chi connectivity index (χ2n) is 4.76. The van der Waals surface area contributed by atoms with Crippen molar-refractivity contribution in [2.24, 2.45) is 17.8 Å². The average molecular weight is 301 g/mol. The molecule has 2 atom stereocenters. The van der Waals surface area contributed by atoms with Gasteiger partial charge in [0, 0.05) is 11.7 Å². The van der Waals surface area contributed by atoms with Crippen molar-refractivity contribution in [1.29, 1.82) is 0 Å². The van der Waals surface area contributed by atoms with E-state index in [1.54, 1.807) is 16.8 Å². The Morgan fingerprint density at radius 1 is 1.58 bits per heavy atom. The maximum atomic E-state index is 11.7. The first-order chi connectivity index (χ1) is 9.08. The molecule has 0 spiro atoms. The highest BCUT2D eigenvalue weighted by atomic mass is 32.2. The molecule has 0 aliphatic carbocycles. The van der Waals surface area contributed by atoms with Gasteiger partial charge in [-0.1, -0.05) is 19.9 Å². The van der Waals surface area contributed by atoms with Gasteiger partial charge in [-0.2, -0.15) is 0 Å². The molecule has 1 aromatic heterocycles. The van der Waals surface area contributed by atoms with Crippen LogP contribution in [-0.2, 0) is 9.59 Å². The van der Waals surface area contributed by atoms with E-state index in [-0.39, 0.29) is 5.92 Å². The second kappa shape index (κ2) is 8.35. The number of thioether (sulfide) groups is 1. The molecule has 1 amide bonds. The smallest absolute Gasteiger partial charge is 0.248 e. The van der Waals surface area contributed by atoms with Crippen LogP contribution in [0.1, 0.15) is 20.3 Å². The molecule has 0 bridgehead atoms. The van der Waals surface area contributed by atoms with Crippen molar-refractivity contribution in [2.45, 2.75) is 24.5 Å². The topological polar surface area (TPSA) is 66.4 Å². The Bertz CT molecular complexity index is 393. The molecule has 0 aliphatic heterocycles. The van der Waals surface area contributed by atoms with Crippen LogP contribution in [0.2, 0.25) is 0 Å². The van der Waals surface area contributed by atoms with E-state index in [4.69, 9.17) is 5.21 Å². The molecule has 0 radical (unpaired) electrons. The van der Waals surface area contributed by atoms with Gasteiger partial charge in [0.1, 0.15) is 6.29 Å². The zero-order valence-corrected chi connectivity index (χ0v) is 12.7. The monoisotopic (exact) mass is 301 g/mol. The molecule has 0 aliphatic rings. The predicted octanol–water partition coefficient (Wildman–Crippen LogP) is 2.82. The first kappa shape index (κ1) is 16.2. The number of carbonyl (C=O) groups is 2. The van der Waals surface area contributed by atoms with Gasteiger partial charge in [-0.05, 0) is 23.8 Å². The number of hydroxylamine groups is 1. The quantitative estimate of drug-likeness (QED) is 0.335. The standard InChI is InChI=1S/C13H19NO3S2/c1-9(2)6-10(7-15)11(13(16)14-17)8-19-12-4-3-5-18-12/h3-5,7,9-11,17H,6,8H2,1-2H3,(H,14,16)/t10-,11-/m0/s1. The molecule has 0 saturated carbocycles. The Balaban J connectivity index is 2.69. The van der Waals surface area contributed by atoms with E-state index < -0.39 is 11.8 Å². The Kier molecular flexibility index (Phi) is 7.12. The first-order valence-corrected chi connectivity index (χ1v) is 8.00. The average Bonchev–Trinajstić information content (AvgIpc) is 2.89. The van der Waals surface area contributed by atoms with Crippen molar-refractivity contribution in [3.8, 4) is 0 Å². The summed E-state index contributed by atoms with van der Waals surface area (Å²) in [6, 6.07) is 3.92. The fraction of sp³-hybridized carbons (Fsp3) is 0.538. The van der Waals surface area contributed by atoms with Gasteiger partial charge < -0.3 is 4.79 Å². The van der Waals surface area contributed by atoms with Crippen molar-refractivity contribution in [3.05, 3.63) is 17.5 Å². The van der Waals surface area contributed by atoms with Gasteiger partial charge in [0.2, 0.25) is 5.91 Å². The van der Waals surface area contributed by atoms with Crippen LogP contribution in [0.15, 0.2) is 21.7 Å². The van der Waals surface area contributed by atoms with Gasteiger partial charge >= 0.3 is 0 Å². The van der Waals surface area contributed by atoms with Crippen LogP contribution < -0.4 is 5.48 Å². The Morgan fingerprint density at radius 3 is 2.79 bits per heavy atom. The van der Waals surface area contributed by atoms with Gasteiger partial charge in [-0.15, -0.1) is 23.1 Å². The minimum atomic E-state index is -0.503. The van der Waals surface area contributed by atoms with Gasteiger partial charge in [0.05, 0.1) is 10.1 Å². The van der Waals surface area contributed by atoms with E-state index in [1.165, 1.54) is 11.8 Å². The number of thiophene rings is 1. The van der Waals surface area contributed by atoms with Gasteiger partial charge in [-0.3, -0.25) is 10.0 Å². The van der Waals surface area contributed by atoms with Crippen molar-refractivity contribution < 1.29 is 14.8 Å². The normalized spacial score (nSPS) is 14.1. The summed E-state index contributed by atoms with van der Waals surface area (Å²) in [7, 11) is 0.